The Morgan fingerprint density at radius 2 is 1.93 bits per heavy atom. The molecule has 7 heteroatoms. The zero-order valence-corrected chi connectivity index (χ0v) is 16.7. The third kappa shape index (κ3) is 4.34. The van der Waals surface area contributed by atoms with E-state index >= 15 is 0 Å². The highest BCUT2D eigenvalue weighted by atomic mass is 35.5. The summed E-state index contributed by atoms with van der Waals surface area (Å²) in [5, 5.41) is 7.87. The number of aromatic nitrogens is 2. The molecule has 3 aromatic rings. The first kappa shape index (κ1) is 19.9. The van der Waals surface area contributed by atoms with Crippen LogP contribution in [0, 0.1) is 19.7 Å². The van der Waals surface area contributed by atoms with E-state index in [0.29, 0.717) is 23.1 Å². The molecular formula is C21H21ClFN3O2. The summed E-state index contributed by atoms with van der Waals surface area (Å²) in [6.45, 7) is 6.08. The van der Waals surface area contributed by atoms with Crippen molar-refractivity contribution in [3.8, 4) is 11.4 Å². The van der Waals surface area contributed by atoms with E-state index in [0.717, 1.165) is 22.6 Å². The summed E-state index contributed by atoms with van der Waals surface area (Å²) in [4.78, 5) is 12.6. The molecule has 0 aliphatic rings. The molecule has 0 aliphatic carbocycles. The summed E-state index contributed by atoms with van der Waals surface area (Å²) in [6.07, 6.45) is 0.150. The first-order valence-electron chi connectivity index (χ1n) is 8.92. The molecule has 2 aromatic carbocycles. The number of hydrogen-bond donors (Lipinski definition) is 1. The van der Waals surface area contributed by atoms with Crippen LogP contribution in [0.5, 0.6) is 5.75 Å². The number of amides is 1. The fourth-order valence-electron chi connectivity index (χ4n) is 3.00. The van der Waals surface area contributed by atoms with Gasteiger partial charge in [0.15, 0.2) is 0 Å². The van der Waals surface area contributed by atoms with E-state index < -0.39 is 0 Å². The second kappa shape index (κ2) is 8.44. The molecule has 1 N–H and O–H groups in total. The monoisotopic (exact) mass is 401 g/mol. The third-order valence-electron chi connectivity index (χ3n) is 4.37. The number of carbonyl (C=O) groups is 1. The van der Waals surface area contributed by atoms with Gasteiger partial charge in [0.2, 0.25) is 5.91 Å². The Hall–Kier alpha value is -2.86. The Labute approximate surface area is 168 Å². The quantitative estimate of drug-likeness (QED) is 0.641. The van der Waals surface area contributed by atoms with Crippen LogP contribution in [0.15, 0.2) is 42.5 Å². The van der Waals surface area contributed by atoms with E-state index in [1.54, 1.807) is 35.0 Å². The molecule has 0 saturated heterocycles. The number of benzene rings is 2. The van der Waals surface area contributed by atoms with Gasteiger partial charge in [-0.15, -0.1) is 0 Å². The van der Waals surface area contributed by atoms with Crippen LogP contribution in [-0.2, 0) is 11.2 Å². The first-order chi connectivity index (χ1) is 13.4. The molecule has 0 aliphatic heterocycles. The standard InChI is InChI=1S/C21H21ClFN3O2/c1-4-28-20-10-5-15(22)11-19(20)24-21(27)12-18-13(2)25-26(14(18)3)17-8-6-16(23)7-9-17/h5-11H,4,12H2,1-3H3,(H,24,27). The second-order valence-electron chi connectivity index (χ2n) is 6.34. The first-order valence-corrected chi connectivity index (χ1v) is 9.30. The minimum Gasteiger partial charge on any atom is -0.492 e. The number of carbonyl (C=O) groups excluding carboxylic acids is 1. The SMILES string of the molecule is CCOc1ccc(Cl)cc1NC(=O)Cc1c(C)nn(-c2ccc(F)cc2)c1C. The zero-order valence-electron chi connectivity index (χ0n) is 15.9. The highest BCUT2D eigenvalue weighted by molar-refractivity contribution is 6.31. The molecule has 3 rings (SSSR count). The lowest BCUT2D eigenvalue weighted by Crippen LogP contribution is -2.16. The summed E-state index contributed by atoms with van der Waals surface area (Å²) in [7, 11) is 0. The van der Waals surface area contributed by atoms with Gasteiger partial charge in [-0.25, -0.2) is 9.07 Å². The van der Waals surface area contributed by atoms with E-state index in [2.05, 4.69) is 10.4 Å². The molecule has 1 heterocycles. The van der Waals surface area contributed by atoms with Crippen molar-refractivity contribution in [1.29, 1.82) is 0 Å². The van der Waals surface area contributed by atoms with Gasteiger partial charge in [0.25, 0.3) is 0 Å². The Morgan fingerprint density at radius 3 is 2.61 bits per heavy atom. The summed E-state index contributed by atoms with van der Waals surface area (Å²) >= 11 is 6.05. The van der Waals surface area contributed by atoms with E-state index in [-0.39, 0.29) is 18.1 Å². The van der Waals surface area contributed by atoms with Crippen molar-refractivity contribution in [2.45, 2.75) is 27.2 Å². The average molecular weight is 402 g/mol. The number of rotatable bonds is 6. The molecule has 1 aromatic heterocycles. The van der Waals surface area contributed by atoms with Crippen molar-refractivity contribution in [2.24, 2.45) is 0 Å². The fourth-order valence-corrected chi connectivity index (χ4v) is 3.17. The van der Waals surface area contributed by atoms with Crippen LogP contribution in [0.1, 0.15) is 23.9 Å². The minimum atomic E-state index is -0.309. The molecule has 0 fully saturated rings. The van der Waals surface area contributed by atoms with E-state index in [1.807, 2.05) is 20.8 Å². The lowest BCUT2D eigenvalue weighted by atomic mass is 10.1. The predicted octanol–water partition coefficient (Wildman–Crippen LogP) is 4.86. The molecule has 0 bridgehead atoms. The second-order valence-corrected chi connectivity index (χ2v) is 6.77. The van der Waals surface area contributed by atoms with Crippen LogP contribution < -0.4 is 10.1 Å². The largest absolute Gasteiger partial charge is 0.492 e. The van der Waals surface area contributed by atoms with Gasteiger partial charge in [-0.3, -0.25) is 4.79 Å². The van der Waals surface area contributed by atoms with Gasteiger partial charge in [0, 0.05) is 16.3 Å². The molecule has 146 valence electrons. The Balaban J connectivity index is 1.82. The maximum absolute atomic E-state index is 13.2. The molecule has 0 radical (unpaired) electrons. The smallest absolute Gasteiger partial charge is 0.229 e. The maximum atomic E-state index is 13.2. The van der Waals surface area contributed by atoms with Crippen molar-refractivity contribution in [3.05, 3.63) is 70.3 Å². The van der Waals surface area contributed by atoms with Crippen LogP contribution in [0.2, 0.25) is 5.02 Å². The van der Waals surface area contributed by atoms with Crippen molar-refractivity contribution in [2.75, 3.05) is 11.9 Å². The predicted molar refractivity (Wildman–Crippen MR) is 108 cm³/mol. The lowest BCUT2D eigenvalue weighted by Gasteiger charge is -2.12. The topological polar surface area (TPSA) is 56.1 Å². The minimum absolute atomic E-state index is 0.150. The van der Waals surface area contributed by atoms with E-state index in [1.165, 1.54) is 12.1 Å². The number of nitrogens with zero attached hydrogens (tertiary/aromatic N) is 2. The van der Waals surface area contributed by atoms with Gasteiger partial charge in [-0.05, 0) is 63.2 Å². The van der Waals surface area contributed by atoms with Gasteiger partial charge < -0.3 is 10.1 Å². The molecular weight excluding hydrogens is 381 g/mol. The summed E-state index contributed by atoms with van der Waals surface area (Å²) in [6, 6.07) is 11.2. The summed E-state index contributed by atoms with van der Waals surface area (Å²) < 4.78 is 20.4. The Morgan fingerprint density at radius 1 is 1.21 bits per heavy atom. The van der Waals surface area contributed by atoms with Gasteiger partial charge in [-0.1, -0.05) is 11.6 Å². The van der Waals surface area contributed by atoms with Crippen molar-refractivity contribution in [1.82, 2.24) is 9.78 Å². The number of anilines is 1. The van der Waals surface area contributed by atoms with E-state index in [4.69, 9.17) is 16.3 Å². The summed E-state index contributed by atoms with van der Waals surface area (Å²) in [5.41, 5.74) is 3.66. The third-order valence-corrected chi connectivity index (χ3v) is 4.60. The molecule has 0 saturated carbocycles. The molecule has 28 heavy (non-hydrogen) atoms. The number of nitrogens with one attached hydrogen (secondary N) is 1. The molecule has 0 spiro atoms. The van der Waals surface area contributed by atoms with Gasteiger partial charge in [-0.2, -0.15) is 5.10 Å². The molecule has 1 amide bonds. The zero-order chi connectivity index (χ0) is 20.3. The van der Waals surface area contributed by atoms with Crippen LogP contribution in [-0.4, -0.2) is 22.3 Å². The number of aryl methyl sites for hydroxylation is 1. The fraction of sp³-hybridized carbons (Fsp3) is 0.238. The Bertz CT molecular complexity index is 1000. The van der Waals surface area contributed by atoms with Crippen LogP contribution in [0.3, 0.4) is 0 Å². The van der Waals surface area contributed by atoms with Crippen LogP contribution in [0.4, 0.5) is 10.1 Å². The van der Waals surface area contributed by atoms with Crippen molar-refractivity contribution in [3.63, 3.8) is 0 Å². The maximum Gasteiger partial charge on any atom is 0.229 e. The molecule has 5 nitrogen and oxygen atoms in total. The number of ether oxygens (including phenoxy) is 1. The molecule has 0 atom stereocenters. The number of halogens is 2. The van der Waals surface area contributed by atoms with Gasteiger partial charge >= 0.3 is 0 Å². The highest BCUT2D eigenvalue weighted by Gasteiger charge is 2.17. The van der Waals surface area contributed by atoms with Crippen molar-refractivity contribution >= 4 is 23.2 Å². The normalized spacial score (nSPS) is 10.8. The lowest BCUT2D eigenvalue weighted by molar-refractivity contribution is -0.115. The molecule has 0 unspecified atom stereocenters. The number of hydrogen-bond acceptors (Lipinski definition) is 3. The van der Waals surface area contributed by atoms with E-state index in [9.17, 15) is 9.18 Å². The summed E-state index contributed by atoms with van der Waals surface area (Å²) in [5.74, 6) is 0.0558. The van der Waals surface area contributed by atoms with Crippen LogP contribution >= 0.6 is 11.6 Å². The average Bonchev–Trinajstić information content (AvgIpc) is 2.93. The van der Waals surface area contributed by atoms with Crippen LogP contribution in [0.25, 0.3) is 5.69 Å². The Kier molecular flexibility index (Phi) is 5.99. The van der Waals surface area contributed by atoms with Crippen molar-refractivity contribution < 1.29 is 13.9 Å². The van der Waals surface area contributed by atoms with Gasteiger partial charge in [0.1, 0.15) is 11.6 Å². The highest BCUT2D eigenvalue weighted by Crippen LogP contribution is 2.28. The van der Waals surface area contributed by atoms with Gasteiger partial charge in [0.05, 0.1) is 30.1 Å².